The predicted octanol–water partition coefficient (Wildman–Crippen LogP) is 6.92. The Morgan fingerprint density at radius 2 is 1.86 bits per heavy atom. The Kier molecular flexibility index (Phi) is 6.23. The lowest BCUT2D eigenvalue weighted by Crippen LogP contribution is -2.13. The lowest BCUT2D eigenvalue weighted by atomic mass is 10.0. The normalized spacial score (nSPS) is 11.7. The molecule has 1 N–H and O–H groups in total. The standard InChI is InChI=1S/C19H13F5N2OS2/c1-10-25-15(17(20)21)16(28-10)18(27)26-14-8-3-2-7-13(14)11-5-4-6-12(9-11)29-19(22,23)24/h2-9,17H,1H3,(H,26,27). The monoisotopic (exact) mass is 444 g/mol. The van der Waals surface area contributed by atoms with Crippen molar-refractivity contribution in [2.75, 3.05) is 5.32 Å². The molecule has 2 aromatic carbocycles. The SMILES string of the molecule is Cc1nc(C(F)F)c(C(=O)Nc2ccccc2-c2cccc(SC(F)(F)F)c2)s1. The second-order valence-electron chi connectivity index (χ2n) is 5.82. The minimum Gasteiger partial charge on any atom is -0.321 e. The van der Waals surface area contributed by atoms with Crippen LogP contribution in [-0.4, -0.2) is 16.4 Å². The molecule has 0 aliphatic carbocycles. The molecule has 152 valence electrons. The molecule has 0 bridgehead atoms. The molecule has 1 aromatic heterocycles. The fourth-order valence-corrected chi connectivity index (χ4v) is 4.06. The van der Waals surface area contributed by atoms with Gasteiger partial charge in [-0.3, -0.25) is 4.79 Å². The van der Waals surface area contributed by atoms with Gasteiger partial charge in [0.2, 0.25) is 0 Å². The number of amides is 1. The second kappa shape index (κ2) is 8.50. The number of thioether (sulfide) groups is 1. The van der Waals surface area contributed by atoms with Gasteiger partial charge >= 0.3 is 5.51 Å². The number of rotatable bonds is 5. The summed E-state index contributed by atoms with van der Waals surface area (Å²) in [6.07, 6.45) is -2.90. The molecule has 3 aromatic rings. The number of nitrogens with zero attached hydrogens (tertiary/aromatic N) is 1. The third kappa shape index (κ3) is 5.33. The Hall–Kier alpha value is -2.46. The molecule has 0 unspecified atom stereocenters. The first-order valence-electron chi connectivity index (χ1n) is 8.16. The van der Waals surface area contributed by atoms with Crippen LogP contribution in [0.1, 0.15) is 26.8 Å². The highest BCUT2D eigenvalue weighted by atomic mass is 32.2. The van der Waals surface area contributed by atoms with Crippen LogP contribution in [-0.2, 0) is 0 Å². The van der Waals surface area contributed by atoms with Gasteiger partial charge in [-0.25, -0.2) is 13.8 Å². The average Bonchev–Trinajstić information content (AvgIpc) is 3.03. The van der Waals surface area contributed by atoms with Crippen LogP contribution in [0.3, 0.4) is 0 Å². The summed E-state index contributed by atoms with van der Waals surface area (Å²) in [7, 11) is 0. The van der Waals surface area contributed by atoms with E-state index in [9.17, 15) is 26.7 Å². The molecular weight excluding hydrogens is 431 g/mol. The molecule has 0 saturated carbocycles. The van der Waals surface area contributed by atoms with Crippen LogP contribution >= 0.6 is 23.1 Å². The van der Waals surface area contributed by atoms with Crippen molar-refractivity contribution in [3.8, 4) is 11.1 Å². The molecule has 0 aliphatic heterocycles. The van der Waals surface area contributed by atoms with Crippen LogP contribution < -0.4 is 5.32 Å². The number of nitrogens with one attached hydrogen (secondary N) is 1. The molecule has 0 fully saturated rings. The third-order valence-corrected chi connectivity index (χ3v) is 5.43. The van der Waals surface area contributed by atoms with E-state index in [1.54, 1.807) is 30.3 Å². The molecule has 0 spiro atoms. The highest BCUT2D eigenvalue weighted by molar-refractivity contribution is 8.00. The zero-order valence-electron chi connectivity index (χ0n) is 14.8. The maximum atomic E-state index is 13.1. The Morgan fingerprint density at radius 1 is 1.14 bits per heavy atom. The van der Waals surface area contributed by atoms with E-state index in [1.807, 2.05) is 0 Å². The van der Waals surface area contributed by atoms with Crippen molar-refractivity contribution < 1.29 is 26.7 Å². The molecule has 1 heterocycles. The predicted molar refractivity (Wildman–Crippen MR) is 104 cm³/mol. The minimum absolute atomic E-state index is 0.00537. The first kappa shape index (κ1) is 21.3. The van der Waals surface area contributed by atoms with Gasteiger partial charge in [-0.1, -0.05) is 30.3 Å². The van der Waals surface area contributed by atoms with E-state index in [0.717, 1.165) is 11.3 Å². The van der Waals surface area contributed by atoms with Gasteiger partial charge in [-0.15, -0.1) is 11.3 Å². The number of hydrogen-bond donors (Lipinski definition) is 1. The first-order valence-corrected chi connectivity index (χ1v) is 9.79. The zero-order chi connectivity index (χ0) is 21.2. The highest BCUT2D eigenvalue weighted by Gasteiger charge is 2.29. The number of benzene rings is 2. The van der Waals surface area contributed by atoms with E-state index in [1.165, 1.54) is 25.1 Å². The van der Waals surface area contributed by atoms with Crippen molar-refractivity contribution in [3.05, 3.63) is 64.1 Å². The van der Waals surface area contributed by atoms with Gasteiger partial charge in [0.15, 0.2) is 0 Å². The molecule has 0 aliphatic rings. The number of hydrogen-bond acceptors (Lipinski definition) is 4. The van der Waals surface area contributed by atoms with Crippen LogP contribution in [0.15, 0.2) is 53.4 Å². The fraction of sp³-hybridized carbons (Fsp3) is 0.158. The molecule has 3 rings (SSSR count). The van der Waals surface area contributed by atoms with Crippen molar-refractivity contribution in [2.45, 2.75) is 23.8 Å². The maximum absolute atomic E-state index is 13.1. The van der Waals surface area contributed by atoms with Gasteiger partial charge in [-0.05, 0) is 42.4 Å². The minimum atomic E-state index is -4.43. The summed E-state index contributed by atoms with van der Waals surface area (Å²) in [4.78, 5) is 16.1. The van der Waals surface area contributed by atoms with E-state index < -0.39 is 23.5 Å². The van der Waals surface area contributed by atoms with E-state index >= 15 is 0 Å². The summed E-state index contributed by atoms with van der Waals surface area (Å²) < 4.78 is 64.2. The lowest BCUT2D eigenvalue weighted by molar-refractivity contribution is -0.0328. The summed E-state index contributed by atoms with van der Waals surface area (Å²) in [5, 5.41) is 2.90. The number of aryl methyl sites for hydroxylation is 1. The topological polar surface area (TPSA) is 42.0 Å². The zero-order valence-corrected chi connectivity index (χ0v) is 16.4. The number of anilines is 1. The number of carbonyl (C=O) groups excluding carboxylic acids is 1. The molecular formula is C19H13F5N2OS2. The summed E-state index contributed by atoms with van der Waals surface area (Å²) in [6, 6.07) is 12.2. The van der Waals surface area contributed by atoms with Crippen molar-refractivity contribution >= 4 is 34.7 Å². The van der Waals surface area contributed by atoms with Crippen LogP contribution in [0.4, 0.5) is 27.6 Å². The highest BCUT2D eigenvalue weighted by Crippen LogP contribution is 2.39. The van der Waals surface area contributed by atoms with Gasteiger partial charge in [0, 0.05) is 16.1 Å². The van der Waals surface area contributed by atoms with Crippen molar-refractivity contribution in [1.29, 1.82) is 0 Å². The van der Waals surface area contributed by atoms with E-state index in [2.05, 4.69) is 10.3 Å². The van der Waals surface area contributed by atoms with Crippen LogP contribution in [0.2, 0.25) is 0 Å². The fourth-order valence-electron chi connectivity index (χ4n) is 2.64. The van der Waals surface area contributed by atoms with Crippen molar-refractivity contribution in [3.63, 3.8) is 0 Å². The Bertz CT molecular complexity index is 1030. The van der Waals surface area contributed by atoms with Gasteiger partial charge in [0.1, 0.15) is 10.6 Å². The quantitative estimate of drug-likeness (QED) is 0.343. The van der Waals surface area contributed by atoms with Crippen LogP contribution in [0.5, 0.6) is 0 Å². The number of alkyl halides is 5. The number of halogens is 5. The summed E-state index contributed by atoms with van der Waals surface area (Å²) >= 11 is 0.606. The number of carbonyl (C=O) groups is 1. The van der Waals surface area contributed by atoms with Crippen molar-refractivity contribution in [1.82, 2.24) is 4.98 Å². The van der Waals surface area contributed by atoms with Crippen LogP contribution in [0.25, 0.3) is 11.1 Å². The Morgan fingerprint density at radius 3 is 2.55 bits per heavy atom. The Balaban J connectivity index is 1.93. The molecule has 0 radical (unpaired) electrons. The number of para-hydroxylation sites is 1. The van der Waals surface area contributed by atoms with Gasteiger partial charge in [0.25, 0.3) is 12.3 Å². The Labute approximate surface area is 171 Å². The van der Waals surface area contributed by atoms with Gasteiger partial charge in [-0.2, -0.15) is 13.2 Å². The van der Waals surface area contributed by atoms with Crippen molar-refractivity contribution in [2.24, 2.45) is 0 Å². The van der Waals surface area contributed by atoms with Gasteiger partial charge < -0.3 is 5.32 Å². The molecule has 1 amide bonds. The van der Waals surface area contributed by atoms with E-state index in [0.29, 0.717) is 16.1 Å². The van der Waals surface area contributed by atoms with E-state index in [4.69, 9.17) is 0 Å². The van der Waals surface area contributed by atoms with Gasteiger partial charge in [0.05, 0.1) is 5.01 Å². The smallest absolute Gasteiger partial charge is 0.321 e. The molecule has 0 saturated heterocycles. The first-order chi connectivity index (χ1) is 13.6. The largest absolute Gasteiger partial charge is 0.446 e. The summed E-state index contributed by atoms with van der Waals surface area (Å²) in [6.45, 7) is 1.52. The van der Waals surface area contributed by atoms with E-state index in [-0.39, 0.29) is 27.2 Å². The summed E-state index contributed by atoms with van der Waals surface area (Å²) in [5.41, 5.74) is -3.82. The average molecular weight is 444 g/mol. The lowest BCUT2D eigenvalue weighted by Gasteiger charge is -2.13. The third-order valence-electron chi connectivity index (χ3n) is 3.73. The number of thiazole rings is 1. The molecule has 10 heteroatoms. The molecule has 3 nitrogen and oxygen atoms in total. The van der Waals surface area contributed by atoms with Crippen LogP contribution in [0, 0.1) is 6.92 Å². The maximum Gasteiger partial charge on any atom is 0.446 e. The second-order valence-corrected chi connectivity index (χ2v) is 8.16. The molecule has 29 heavy (non-hydrogen) atoms. The summed E-state index contributed by atoms with van der Waals surface area (Å²) in [5.74, 6) is -0.751. The number of aromatic nitrogens is 1. The molecule has 0 atom stereocenters.